The molecule has 3 unspecified atom stereocenters. The third-order valence-corrected chi connectivity index (χ3v) is 5.99. The van der Waals surface area contributed by atoms with Gasteiger partial charge < -0.3 is 46.7 Å². The van der Waals surface area contributed by atoms with Gasteiger partial charge in [-0.1, -0.05) is 36.4 Å². The van der Waals surface area contributed by atoms with Gasteiger partial charge in [0.05, 0.1) is 0 Å². The van der Waals surface area contributed by atoms with Crippen molar-refractivity contribution in [2.24, 2.45) is 0 Å². The molecule has 0 amide bonds. The fourth-order valence-electron chi connectivity index (χ4n) is 3.85. The lowest BCUT2D eigenvalue weighted by Crippen LogP contribution is -2.26. The monoisotopic (exact) mass is 613 g/mol. The van der Waals surface area contributed by atoms with Crippen molar-refractivity contribution < 1.29 is 43.9 Å². The lowest BCUT2D eigenvalue weighted by molar-refractivity contribution is -0.150. The molecule has 3 aromatic carbocycles. The number of carboxylic acid groups (broad SMARTS) is 3. The Morgan fingerprint density at radius 3 is 1.32 bits per heavy atom. The van der Waals surface area contributed by atoms with Crippen LogP contribution in [-0.4, -0.2) is 71.9 Å². The topological polar surface area (TPSA) is 218 Å². The van der Waals surface area contributed by atoms with Gasteiger partial charge in [0.25, 0.3) is 0 Å². The highest BCUT2D eigenvalue weighted by Crippen LogP contribution is 2.12. The minimum atomic E-state index is -0.963. The van der Waals surface area contributed by atoms with Gasteiger partial charge >= 0.3 is 17.9 Å². The molecule has 0 aliphatic heterocycles. The molecule has 9 N–H and O–H groups in total. The number of rotatable bonds is 14. The van der Waals surface area contributed by atoms with Gasteiger partial charge in [-0.25, -0.2) is 14.4 Å². The molecule has 12 heteroatoms. The van der Waals surface area contributed by atoms with E-state index >= 15 is 0 Å². The summed E-state index contributed by atoms with van der Waals surface area (Å²) in [5, 5.41) is 26.5. The summed E-state index contributed by atoms with van der Waals surface area (Å²) in [6, 6.07) is 21.4. The summed E-state index contributed by atoms with van der Waals surface area (Å²) in [5.74, 6) is -2.84. The molecule has 0 heterocycles. The Labute approximate surface area is 257 Å². The van der Waals surface area contributed by atoms with Crippen molar-refractivity contribution in [3.05, 3.63) is 89.5 Å². The molecule has 0 aliphatic rings. The zero-order chi connectivity index (χ0) is 33.1. The first kappa shape index (κ1) is 37.4. The Balaban J connectivity index is 0.000000330. The third-order valence-electron chi connectivity index (χ3n) is 5.99. The van der Waals surface area contributed by atoms with E-state index in [0.717, 1.165) is 16.7 Å². The molecule has 0 spiro atoms. The van der Waals surface area contributed by atoms with Crippen LogP contribution in [0.1, 0.15) is 30.5 Å². The third kappa shape index (κ3) is 15.0. The van der Waals surface area contributed by atoms with Gasteiger partial charge in [-0.05, 0) is 66.9 Å². The Morgan fingerprint density at radius 2 is 0.977 bits per heavy atom. The van der Waals surface area contributed by atoms with E-state index in [2.05, 4.69) is 0 Å². The number of benzene rings is 3. The number of hydrogen-bond acceptors (Lipinski definition) is 9. The summed E-state index contributed by atoms with van der Waals surface area (Å²) in [6.07, 6.45) is -1.35. The number of hydrogen-bond donors (Lipinski definition) is 6. The summed E-state index contributed by atoms with van der Waals surface area (Å²) < 4.78 is 15.0. The molecule has 0 radical (unpaired) electrons. The first-order valence-corrected chi connectivity index (χ1v) is 13.9. The Hall–Kier alpha value is -4.65. The van der Waals surface area contributed by atoms with Crippen LogP contribution in [0.5, 0.6) is 0 Å². The van der Waals surface area contributed by atoms with Crippen molar-refractivity contribution in [3.63, 3.8) is 0 Å². The van der Waals surface area contributed by atoms with Crippen LogP contribution in [0.2, 0.25) is 0 Å². The van der Waals surface area contributed by atoms with Crippen molar-refractivity contribution in [2.45, 2.75) is 51.4 Å². The van der Waals surface area contributed by atoms with E-state index in [1.807, 2.05) is 24.3 Å². The van der Waals surface area contributed by atoms with Crippen LogP contribution < -0.4 is 17.2 Å². The quantitative estimate of drug-likeness (QED) is 0.144. The smallest absolute Gasteiger partial charge is 0.333 e. The van der Waals surface area contributed by atoms with Crippen LogP contribution in [-0.2, 0) is 47.9 Å². The van der Waals surface area contributed by atoms with E-state index in [1.54, 1.807) is 62.4 Å². The van der Waals surface area contributed by atoms with E-state index in [9.17, 15) is 14.4 Å². The fourth-order valence-corrected chi connectivity index (χ4v) is 3.85. The Bertz CT molecular complexity index is 1300. The van der Waals surface area contributed by atoms with Crippen LogP contribution >= 0.6 is 0 Å². The van der Waals surface area contributed by atoms with Gasteiger partial charge in [-0.3, -0.25) is 0 Å². The van der Waals surface area contributed by atoms with Crippen molar-refractivity contribution in [1.82, 2.24) is 0 Å². The molecular weight excluding hydrogens is 570 g/mol. The molecule has 240 valence electrons. The molecular formula is C32H43N3O9. The maximum absolute atomic E-state index is 10.8. The lowest BCUT2D eigenvalue weighted by Gasteiger charge is -2.12. The molecule has 44 heavy (non-hydrogen) atoms. The number of aliphatic carboxylic acids is 3. The minimum absolute atomic E-state index is 0.330. The maximum atomic E-state index is 10.8. The van der Waals surface area contributed by atoms with Crippen molar-refractivity contribution in [1.29, 1.82) is 0 Å². The van der Waals surface area contributed by atoms with Gasteiger partial charge in [-0.2, -0.15) is 0 Å². The van der Waals surface area contributed by atoms with E-state index < -0.39 is 36.2 Å². The van der Waals surface area contributed by atoms with Crippen LogP contribution in [0.3, 0.4) is 0 Å². The second kappa shape index (κ2) is 20.3. The first-order valence-electron chi connectivity index (χ1n) is 13.9. The summed E-state index contributed by atoms with van der Waals surface area (Å²) in [5.41, 5.74) is 21.3. The molecule has 0 saturated heterocycles. The largest absolute Gasteiger partial charge is 0.479 e. The highest BCUT2D eigenvalue weighted by atomic mass is 16.5. The molecule has 0 aromatic heterocycles. The molecule has 0 aliphatic carbocycles. The maximum Gasteiger partial charge on any atom is 0.333 e. The van der Waals surface area contributed by atoms with E-state index in [0.29, 0.717) is 49.5 Å². The molecule has 0 saturated carbocycles. The second-order valence-electron chi connectivity index (χ2n) is 9.47. The number of methoxy groups -OCH3 is 1. The van der Waals surface area contributed by atoms with Crippen molar-refractivity contribution in [2.75, 3.05) is 37.5 Å². The summed E-state index contributed by atoms with van der Waals surface area (Å²) in [6.45, 7) is 4.33. The molecule has 3 aromatic rings. The lowest BCUT2D eigenvalue weighted by atomic mass is 10.1. The van der Waals surface area contributed by atoms with Gasteiger partial charge in [0, 0.05) is 56.6 Å². The predicted octanol–water partition coefficient (Wildman–Crippen LogP) is 3.51. The van der Waals surface area contributed by atoms with Crippen LogP contribution in [0, 0.1) is 0 Å². The van der Waals surface area contributed by atoms with E-state index in [1.165, 1.54) is 7.11 Å². The number of nitrogen functional groups attached to an aromatic ring is 3. The summed E-state index contributed by atoms with van der Waals surface area (Å²) >= 11 is 0. The normalized spacial score (nSPS) is 12.3. The molecule has 0 bridgehead atoms. The average Bonchev–Trinajstić information content (AvgIpc) is 2.97. The van der Waals surface area contributed by atoms with Crippen LogP contribution in [0.4, 0.5) is 17.1 Å². The van der Waals surface area contributed by atoms with Gasteiger partial charge in [0.15, 0.2) is 18.3 Å². The molecule has 12 nitrogen and oxygen atoms in total. The number of carboxylic acids is 3. The number of ether oxygens (including phenoxy) is 3. The fraction of sp³-hybridized carbons (Fsp3) is 0.344. The van der Waals surface area contributed by atoms with E-state index in [4.69, 9.17) is 46.7 Å². The second-order valence-corrected chi connectivity index (χ2v) is 9.47. The SMILES string of the molecule is CCOC(Cc1ccc(N)cc1)C(=O)O.CCOC(Cc1cccc(N)c1)C(=O)O.COC(Cc1cccc(N)c1)C(=O)O. The van der Waals surface area contributed by atoms with Gasteiger partial charge in [-0.15, -0.1) is 0 Å². The first-order chi connectivity index (χ1) is 20.9. The van der Waals surface area contributed by atoms with Crippen molar-refractivity contribution >= 4 is 35.0 Å². The zero-order valence-electron chi connectivity index (χ0n) is 25.2. The molecule has 0 fully saturated rings. The number of anilines is 3. The number of carbonyl (C=O) groups is 3. The van der Waals surface area contributed by atoms with Crippen LogP contribution in [0.25, 0.3) is 0 Å². The summed E-state index contributed by atoms with van der Waals surface area (Å²) in [7, 11) is 1.38. The highest BCUT2D eigenvalue weighted by Gasteiger charge is 2.19. The predicted molar refractivity (Wildman–Crippen MR) is 168 cm³/mol. The van der Waals surface area contributed by atoms with Gasteiger partial charge in [0.2, 0.25) is 0 Å². The van der Waals surface area contributed by atoms with Gasteiger partial charge in [0.1, 0.15) is 0 Å². The van der Waals surface area contributed by atoms with Crippen LogP contribution in [0.15, 0.2) is 72.8 Å². The number of nitrogens with two attached hydrogens (primary N) is 3. The standard InChI is InChI=1S/2C11H15NO3.C10H13NO3/c1-2-15-10(11(13)14)7-8-3-5-9(12)6-4-8;1-2-15-10(11(13)14)7-8-4-3-5-9(12)6-8;1-14-9(10(12)13)6-7-3-2-4-8(11)5-7/h2*3-6,10H,2,7,12H2,1H3,(H,13,14);2-5,9H,6,11H2,1H3,(H,12,13). The minimum Gasteiger partial charge on any atom is -0.479 e. The zero-order valence-corrected chi connectivity index (χ0v) is 25.2. The van der Waals surface area contributed by atoms with E-state index in [-0.39, 0.29) is 0 Å². The summed E-state index contributed by atoms with van der Waals surface area (Å²) in [4.78, 5) is 32.3. The molecule has 3 atom stereocenters. The van der Waals surface area contributed by atoms with Crippen molar-refractivity contribution in [3.8, 4) is 0 Å². The Morgan fingerprint density at radius 1 is 0.591 bits per heavy atom. The average molecular weight is 614 g/mol. The molecule has 3 rings (SSSR count). The highest BCUT2D eigenvalue weighted by molar-refractivity contribution is 5.73. The Kier molecular flexibility index (Phi) is 17.2.